The lowest BCUT2D eigenvalue weighted by atomic mass is 9.67. The lowest BCUT2D eigenvalue weighted by Gasteiger charge is -2.40. The molecule has 2 heterocycles. The van der Waals surface area contributed by atoms with Gasteiger partial charge in [-0.1, -0.05) is 139 Å². The molecule has 278 valence electrons. The van der Waals surface area contributed by atoms with Crippen LogP contribution in [0.2, 0.25) is 0 Å². The van der Waals surface area contributed by atoms with Crippen LogP contribution in [0.5, 0.6) is 0 Å². The topological polar surface area (TPSA) is 19.6 Å². The first-order valence-corrected chi connectivity index (χ1v) is 20.9. The van der Waals surface area contributed by atoms with E-state index in [0.29, 0.717) is 0 Å². The molecule has 59 heavy (non-hydrogen) atoms. The molecule has 0 fully saturated rings. The molecular weight excluding hydrogens is 737 g/mol. The zero-order valence-corrected chi connectivity index (χ0v) is 32.8. The molecule has 9 aromatic carbocycles. The average Bonchev–Trinajstić information content (AvgIpc) is 3.80. The number of rotatable bonds is 6. The fourth-order valence-corrected chi connectivity index (χ4v) is 10.9. The molecule has 2 aliphatic rings. The maximum absolute atomic E-state index is 6.78. The van der Waals surface area contributed by atoms with Gasteiger partial charge in [-0.15, -0.1) is 0 Å². The molecule has 0 bridgehead atoms. The fourth-order valence-electron chi connectivity index (χ4n) is 9.63. The van der Waals surface area contributed by atoms with Crippen LogP contribution in [0.1, 0.15) is 22.3 Å². The van der Waals surface area contributed by atoms with Crippen molar-refractivity contribution in [1.82, 2.24) is 0 Å². The molecule has 10 aromatic rings. The van der Waals surface area contributed by atoms with Gasteiger partial charge in [0.2, 0.25) is 0 Å². The van der Waals surface area contributed by atoms with Crippen molar-refractivity contribution in [3.63, 3.8) is 0 Å². The van der Waals surface area contributed by atoms with Gasteiger partial charge in [0.15, 0.2) is 0 Å². The Balaban J connectivity index is 1.10. The van der Waals surface area contributed by atoms with Gasteiger partial charge in [-0.25, -0.2) is 0 Å². The third-order valence-electron chi connectivity index (χ3n) is 12.1. The van der Waals surface area contributed by atoms with Gasteiger partial charge in [0.05, 0.1) is 5.41 Å². The minimum atomic E-state index is -0.540. The number of anilines is 6. The standard InChI is InChI=1S/C55H36N2OS/c1-5-17-37(18-6-1)56(38-19-7-2-8-20-38)41-30-32-51-45(33-41)46-35-50-54(36-52(46)58-51)59-53-34-42(57(39-21-9-3-10-22-39)40-23-11-4-12-24-40)29-31-49(53)55(50)47-27-15-13-25-43(47)44-26-14-16-28-48(44)55/h1-36H. The van der Waals surface area contributed by atoms with Crippen LogP contribution in [0.4, 0.5) is 34.1 Å². The Labute approximate surface area is 347 Å². The maximum atomic E-state index is 6.78. The highest BCUT2D eigenvalue weighted by Gasteiger charge is 2.50. The van der Waals surface area contributed by atoms with Gasteiger partial charge in [0.25, 0.3) is 0 Å². The van der Waals surface area contributed by atoms with Crippen LogP contribution < -0.4 is 9.80 Å². The lowest BCUT2D eigenvalue weighted by Crippen LogP contribution is -2.32. The number of hydrogen-bond donors (Lipinski definition) is 0. The van der Waals surface area contributed by atoms with E-state index in [4.69, 9.17) is 4.42 Å². The van der Waals surface area contributed by atoms with Crippen molar-refractivity contribution in [3.05, 3.63) is 241 Å². The van der Waals surface area contributed by atoms with Crippen molar-refractivity contribution < 1.29 is 4.42 Å². The van der Waals surface area contributed by atoms with Crippen LogP contribution in [0.15, 0.2) is 233 Å². The molecule has 0 unspecified atom stereocenters. The summed E-state index contributed by atoms with van der Waals surface area (Å²) in [5.41, 5.74) is 15.6. The van der Waals surface area contributed by atoms with Gasteiger partial charge in [0.1, 0.15) is 11.2 Å². The summed E-state index contributed by atoms with van der Waals surface area (Å²) >= 11 is 1.85. The second kappa shape index (κ2) is 13.4. The van der Waals surface area contributed by atoms with Crippen molar-refractivity contribution >= 4 is 67.8 Å². The SMILES string of the molecule is c1ccc(N(c2ccccc2)c2ccc3c(c2)Sc2cc4oc5ccc(N(c6ccccc6)c6ccccc6)cc5c4cc2C32c3ccccc3-c3ccccc32)cc1. The van der Waals surface area contributed by atoms with Crippen molar-refractivity contribution in [2.75, 3.05) is 9.80 Å². The van der Waals surface area contributed by atoms with E-state index in [-0.39, 0.29) is 0 Å². The van der Waals surface area contributed by atoms with Crippen LogP contribution in [0.25, 0.3) is 33.1 Å². The van der Waals surface area contributed by atoms with Crippen molar-refractivity contribution in [1.29, 1.82) is 0 Å². The Bertz CT molecular complexity index is 3070. The van der Waals surface area contributed by atoms with Crippen LogP contribution in [-0.4, -0.2) is 0 Å². The predicted octanol–water partition coefficient (Wildman–Crippen LogP) is 15.4. The van der Waals surface area contributed by atoms with Crippen LogP contribution >= 0.6 is 11.8 Å². The molecule has 0 saturated carbocycles. The first kappa shape index (κ1) is 33.8. The number of benzene rings is 9. The number of furan rings is 1. The van der Waals surface area contributed by atoms with Crippen LogP contribution in [0, 0.1) is 0 Å². The Morgan fingerprint density at radius 3 is 1.31 bits per heavy atom. The second-order valence-corrected chi connectivity index (χ2v) is 16.3. The molecule has 0 N–H and O–H groups in total. The summed E-state index contributed by atoms with van der Waals surface area (Å²) in [7, 11) is 0. The molecule has 1 spiro atoms. The summed E-state index contributed by atoms with van der Waals surface area (Å²) in [4.78, 5) is 7.11. The van der Waals surface area contributed by atoms with Crippen molar-refractivity contribution in [2.45, 2.75) is 15.2 Å². The molecule has 1 aromatic heterocycles. The van der Waals surface area contributed by atoms with Crippen molar-refractivity contribution in [3.8, 4) is 11.1 Å². The molecule has 4 heteroatoms. The summed E-state index contributed by atoms with van der Waals surface area (Å²) in [6.07, 6.45) is 0. The van der Waals surface area contributed by atoms with Gasteiger partial charge in [-0.3, -0.25) is 0 Å². The van der Waals surface area contributed by atoms with Gasteiger partial charge < -0.3 is 14.2 Å². The van der Waals surface area contributed by atoms with E-state index >= 15 is 0 Å². The Kier molecular flexibility index (Phi) is 7.69. The van der Waals surface area contributed by atoms with E-state index in [1.54, 1.807) is 0 Å². The van der Waals surface area contributed by atoms with E-state index in [9.17, 15) is 0 Å². The van der Waals surface area contributed by atoms with Crippen molar-refractivity contribution in [2.24, 2.45) is 0 Å². The van der Waals surface area contributed by atoms with E-state index in [1.807, 2.05) is 11.8 Å². The van der Waals surface area contributed by atoms with E-state index in [1.165, 1.54) is 43.2 Å². The summed E-state index contributed by atoms with van der Waals surface area (Å²) in [5, 5.41) is 2.21. The monoisotopic (exact) mass is 772 g/mol. The highest BCUT2D eigenvalue weighted by atomic mass is 32.2. The third-order valence-corrected chi connectivity index (χ3v) is 13.2. The minimum absolute atomic E-state index is 0.540. The first-order chi connectivity index (χ1) is 29.3. The number of nitrogens with zero attached hydrogens (tertiary/aromatic N) is 2. The van der Waals surface area contributed by atoms with Gasteiger partial charge in [0, 0.05) is 54.7 Å². The van der Waals surface area contributed by atoms with Gasteiger partial charge in [-0.2, -0.15) is 0 Å². The third kappa shape index (κ3) is 5.16. The lowest BCUT2D eigenvalue weighted by molar-refractivity contribution is 0.664. The second-order valence-electron chi connectivity index (χ2n) is 15.3. The molecule has 12 rings (SSSR count). The number of fused-ring (bicyclic) bond motifs is 12. The molecular formula is C55H36N2OS. The van der Waals surface area contributed by atoms with Crippen LogP contribution in [0.3, 0.4) is 0 Å². The highest BCUT2D eigenvalue weighted by molar-refractivity contribution is 7.99. The van der Waals surface area contributed by atoms with Gasteiger partial charge >= 0.3 is 0 Å². The molecule has 0 atom stereocenters. The van der Waals surface area contributed by atoms with E-state index in [2.05, 4.69) is 228 Å². The number of hydrogen-bond acceptors (Lipinski definition) is 4. The smallest absolute Gasteiger partial charge is 0.136 e. The molecule has 3 nitrogen and oxygen atoms in total. The largest absolute Gasteiger partial charge is 0.456 e. The zero-order chi connectivity index (χ0) is 38.9. The minimum Gasteiger partial charge on any atom is -0.456 e. The molecule has 0 saturated heterocycles. The quantitative estimate of drug-likeness (QED) is 0.168. The number of para-hydroxylation sites is 4. The average molecular weight is 773 g/mol. The first-order valence-electron chi connectivity index (χ1n) is 20.1. The predicted molar refractivity (Wildman–Crippen MR) is 245 cm³/mol. The summed E-state index contributed by atoms with van der Waals surface area (Å²) < 4.78 is 6.78. The molecule has 0 amide bonds. The van der Waals surface area contributed by atoms with E-state index < -0.39 is 5.41 Å². The van der Waals surface area contributed by atoms with Crippen LogP contribution in [-0.2, 0) is 5.41 Å². The summed E-state index contributed by atoms with van der Waals surface area (Å²) in [5.74, 6) is 0. The molecule has 1 aliphatic carbocycles. The highest BCUT2D eigenvalue weighted by Crippen LogP contribution is 2.63. The summed E-state index contributed by atoms with van der Waals surface area (Å²) in [6, 6.07) is 79.0. The Hall–Kier alpha value is -7.27. The van der Waals surface area contributed by atoms with Gasteiger partial charge in [-0.05, 0) is 124 Å². The molecule has 0 radical (unpaired) electrons. The zero-order valence-electron chi connectivity index (χ0n) is 32.0. The van der Waals surface area contributed by atoms with E-state index in [0.717, 1.165) is 56.1 Å². The summed E-state index contributed by atoms with van der Waals surface area (Å²) in [6.45, 7) is 0. The Morgan fingerprint density at radius 2 is 0.763 bits per heavy atom. The fraction of sp³-hybridized carbons (Fsp3) is 0.0182. The Morgan fingerprint density at radius 1 is 0.322 bits per heavy atom. The molecule has 1 aliphatic heterocycles. The normalized spacial score (nSPS) is 13.2. The maximum Gasteiger partial charge on any atom is 0.136 e.